The highest BCUT2D eigenvalue weighted by Crippen LogP contribution is 2.27. The van der Waals surface area contributed by atoms with Crippen LogP contribution in [0.3, 0.4) is 0 Å². The van der Waals surface area contributed by atoms with Crippen molar-refractivity contribution in [3.05, 3.63) is 46.2 Å². The Kier molecular flexibility index (Phi) is 6.37. The number of H-pyrrole nitrogens is 1. The molecule has 0 aliphatic heterocycles. The van der Waals surface area contributed by atoms with Crippen molar-refractivity contribution in [2.24, 2.45) is 0 Å². The molecule has 0 saturated heterocycles. The van der Waals surface area contributed by atoms with E-state index < -0.39 is 11.6 Å². The van der Waals surface area contributed by atoms with E-state index in [0.29, 0.717) is 0 Å². The van der Waals surface area contributed by atoms with E-state index in [4.69, 9.17) is 0 Å². The molecule has 104 valence electrons. The molecule has 0 unspecified atom stereocenters. The molecule has 0 saturated carbocycles. The first-order valence-corrected chi connectivity index (χ1v) is 7.39. The molecule has 0 fully saturated rings. The van der Waals surface area contributed by atoms with Gasteiger partial charge in [-0.05, 0) is 46.9 Å². The fourth-order valence-electron chi connectivity index (χ4n) is 1.26. The van der Waals surface area contributed by atoms with Gasteiger partial charge in [-0.2, -0.15) is 0 Å². The van der Waals surface area contributed by atoms with Gasteiger partial charge >= 0.3 is 0 Å². The third-order valence-corrected chi connectivity index (χ3v) is 3.49. The maximum atomic E-state index is 13.5. The van der Waals surface area contributed by atoms with Crippen LogP contribution in [0.1, 0.15) is 19.5 Å². The quantitative estimate of drug-likeness (QED) is 0.565. The summed E-state index contributed by atoms with van der Waals surface area (Å²) < 4.78 is 29.6. The molecule has 2 nitrogen and oxygen atoms in total. The second-order valence-electron chi connectivity index (χ2n) is 3.47. The topological polar surface area (TPSA) is 27.8 Å². The van der Waals surface area contributed by atoms with Crippen LogP contribution in [0.2, 0.25) is 0 Å². The highest BCUT2D eigenvalue weighted by atomic mass is 79.9. The number of aryl methyl sites for hydroxylation is 1. The van der Waals surface area contributed by atoms with E-state index in [1.54, 1.807) is 6.20 Å². The molecule has 6 heteroatoms. The SMILES string of the molecule is CC.Cc1cc(SNc2cc(F)c(Br)cc2F)c[nH]1. The normalized spacial score (nSPS) is 9.79. The van der Waals surface area contributed by atoms with Gasteiger partial charge in [0.1, 0.15) is 11.6 Å². The van der Waals surface area contributed by atoms with Gasteiger partial charge in [0.15, 0.2) is 0 Å². The van der Waals surface area contributed by atoms with Crippen molar-refractivity contribution in [2.75, 3.05) is 4.72 Å². The number of nitrogens with one attached hydrogen (secondary N) is 2. The zero-order valence-corrected chi connectivity index (χ0v) is 13.3. The minimum Gasteiger partial charge on any atom is -0.364 e. The standard InChI is InChI=1S/C11H9BrF2N2S.C2H6/c1-6-2-7(5-15-6)17-16-11-4-9(13)8(12)3-10(11)14;1-2/h2-5,15-16H,1H3;1-2H3. The number of halogens is 3. The first-order valence-electron chi connectivity index (χ1n) is 5.78. The number of rotatable bonds is 3. The van der Waals surface area contributed by atoms with Gasteiger partial charge in [-0.25, -0.2) is 8.78 Å². The lowest BCUT2D eigenvalue weighted by molar-refractivity contribution is 0.598. The van der Waals surface area contributed by atoms with Crippen LogP contribution in [-0.2, 0) is 0 Å². The summed E-state index contributed by atoms with van der Waals surface area (Å²) in [5.74, 6) is -1.00. The van der Waals surface area contributed by atoms with Crippen molar-refractivity contribution in [2.45, 2.75) is 25.7 Å². The molecule has 0 radical (unpaired) electrons. The number of aromatic nitrogens is 1. The molecule has 0 atom stereocenters. The molecule has 1 aromatic heterocycles. The van der Waals surface area contributed by atoms with Gasteiger partial charge in [0.05, 0.1) is 10.2 Å². The molecule has 0 spiro atoms. The molecule has 0 amide bonds. The fraction of sp³-hybridized carbons (Fsp3) is 0.231. The summed E-state index contributed by atoms with van der Waals surface area (Å²) >= 11 is 4.14. The second-order valence-corrected chi connectivity index (χ2v) is 5.20. The maximum Gasteiger partial charge on any atom is 0.148 e. The summed E-state index contributed by atoms with van der Waals surface area (Å²) in [5.41, 5.74) is 1.13. The Labute approximate surface area is 124 Å². The molecule has 2 N–H and O–H groups in total. The lowest BCUT2D eigenvalue weighted by atomic mass is 10.3. The third kappa shape index (κ3) is 4.54. The van der Waals surface area contributed by atoms with Crippen molar-refractivity contribution < 1.29 is 8.78 Å². The van der Waals surface area contributed by atoms with Gasteiger partial charge < -0.3 is 9.71 Å². The van der Waals surface area contributed by atoms with Crippen molar-refractivity contribution in [1.29, 1.82) is 0 Å². The molecule has 2 rings (SSSR count). The summed E-state index contributed by atoms with van der Waals surface area (Å²) in [6, 6.07) is 4.12. The summed E-state index contributed by atoms with van der Waals surface area (Å²) in [6.45, 7) is 5.92. The van der Waals surface area contributed by atoms with Crippen molar-refractivity contribution in [1.82, 2.24) is 4.98 Å². The smallest absolute Gasteiger partial charge is 0.148 e. The Morgan fingerprint density at radius 2 is 1.84 bits per heavy atom. The summed E-state index contributed by atoms with van der Waals surface area (Å²) in [4.78, 5) is 3.91. The molecule has 0 aliphatic carbocycles. The van der Waals surface area contributed by atoms with E-state index in [0.717, 1.165) is 22.7 Å². The lowest BCUT2D eigenvalue weighted by Crippen LogP contribution is -1.92. The lowest BCUT2D eigenvalue weighted by Gasteiger charge is -2.06. The minimum absolute atomic E-state index is 0.114. The summed E-state index contributed by atoms with van der Waals surface area (Å²) in [6.07, 6.45) is 1.79. The highest BCUT2D eigenvalue weighted by Gasteiger charge is 2.08. The van der Waals surface area contributed by atoms with Crippen LogP contribution in [0.5, 0.6) is 0 Å². The van der Waals surface area contributed by atoms with E-state index in [1.165, 1.54) is 11.9 Å². The van der Waals surface area contributed by atoms with Gasteiger partial charge in [0, 0.05) is 22.9 Å². The molecule has 1 heterocycles. The molecule has 1 aromatic carbocycles. The van der Waals surface area contributed by atoms with Crippen LogP contribution in [0, 0.1) is 18.6 Å². The Morgan fingerprint density at radius 1 is 1.16 bits per heavy atom. The fourth-order valence-corrected chi connectivity index (χ4v) is 2.31. The number of anilines is 1. The van der Waals surface area contributed by atoms with E-state index in [1.807, 2.05) is 26.8 Å². The Balaban J connectivity index is 0.000000861. The van der Waals surface area contributed by atoms with Crippen LogP contribution >= 0.6 is 27.9 Å². The Bertz CT molecular complexity index is 543. The van der Waals surface area contributed by atoms with E-state index in [-0.39, 0.29) is 10.2 Å². The van der Waals surface area contributed by atoms with Gasteiger partial charge in [-0.15, -0.1) is 0 Å². The predicted molar refractivity (Wildman–Crippen MR) is 80.4 cm³/mol. The van der Waals surface area contributed by atoms with E-state index in [2.05, 4.69) is 25.6 Å². The zero-order valence-electron chi connectivity index (χ0n) is 10.9. The summed E-state index contributed by atoms with van der Waals surface area (Å²) in [7, 11) is 0. The first-order chi connectivity index (χ1) is 9.06. The molecule has 0 bridgehead atoms. The monoisotopic (exact) mass is 348 g/mol. The first kappa shape index (κ1) is 16.0. The number of aromatic amines is 1. The van der Waals surface area contributed by atoms with Gasteiger partial charge in [0.2, 0.25) is 0 Å². The van der Waals surface area contributed by atoms with E-state index in [9.17, 15) is 8.78 Å². The number of hydrogen-bond donors (Lipinski definition) is 2. The largest absolute Gasteiger partial charge is 0.364 e. The Morgan fingerprint density at radius 3 is 2.42 bits per heavy atom. The zero-order chi connectivity index (χ0) is 14.4. The Hall–Kier alpha value is -1.01. The van der Waals surface area contributed by atoms with Crippen LogP contribution in [0.15, 0.2) is 33.8 Å². The van der Waals surface area contributed by atoms with Crippen LogP contribution < -0.4 is 4.72 Å². The molecule has 2 aromatic rings. The van der Waals surface area contributed by atoms with Crippen molar-refractivity contribution in [3.8, 4) is 0 Å². The van der Waals surface area contributed by atoms with Gasteiger partial charge in [0.25, 0.3) is 0 Å². The molecular weight excluding hydrogens is 334 g/mol. The van der Waals surface area contributed by atoms with Crippen LogP contribution in [0.25, 0.3) is 0 Å². The third-order valence-electron chi connectivity index (χ3n) is 2.09. The predicted octanol–water partition coefficient (Wildman–Crippen LogP) is 5.51. The van der Waals surface area contributed by atoms with E-state index >= 15 is 0 Å². The molecule has 19 heavy (non-hydrogen) atoms. The molecular formula is C13H15BrF2N2S. The average molecular weight is 349 g/mol. The number of benzene rings is 1. The second kappa shape index (κ2) is 7.55. The maximum absolute atomic E-state index is 13.5. The number of hydrogen-bond acceptors (Lipinski definition) is 2. The molecule has 0 aliphatic rings. The van der Waals surface area contributed by atoms with Crippen molar-refractivity contribution in [3.63, 3.8) is 0 Å². The van der Waals surface area contributed by atoms with Gasteiger partial charge in [-0.1, -0.05) is 13.8 Å². The van der Waals surface area contributed by atoms with Gasteiger partial charge in [-0.3, -0.25) is 0 Å². The van der Waals surface area contributed by atoms with Crippen LogP contribution in [0.4, 0.5) is 14.5 Å². The highest BCUT2D eigenvalue weighted by molar-refractivity contribution is 9.10. The van der Waals surface area contributed by atoms with Crippen molar-refractivity contribution >= 4 is 33.6 Å². The van der Waals surface area contributed by atoms with Crippen LogP contribution in [-0.4, -0.2) is 4.98 Å². The summed E-state index contributed by atoms with van der Waals surface area (Å²) in [5, 5.41) is 0. The average Bonchev–Trinajstić information content (AvgIpc) is 2.80. The minimum atomic E-state index is -0.502.